The Labute approximate surface area is 94.0 Å². The molecule has 0 atom stereocenters. The molecule has 0 radical (unpaired) electrons. The van der Waals surface area contributed by atoms with Crippen LogP contribution in [0.3, 0.4) is 0 Å². The lowest BCUT2D eigenvalue weighted by atomic mass is 10.1. The summed E-state index contributed by atoms with van der Waals surface area (Å²) in [6, 6.07) is 6.16. The van der Waals surface area contributed by atoms with Crippen LogP contribution in [0.4, 0.5) is 5.69 Å². The van der Waals surface area contributed by atoms with Gasteiger partial charge < -0.3 is 11.1 Å². The van der Waals surface area contributed by atoms with Crippen LogP contribution in [0.5, 0.6) is 0 Å². The smallest absolute Gasteiger partial charge is 0.0355 e. The van der Waals surface area contributed by atoms with Crippen LogP contribution in [-0.2, 0) is 6.54 Å². The van der Waals surface area contributed by atoms with Crippen LogP contribution in [0.25, 0.3) is 0 Å². The number of rotatable bonds is 2. The average Bonchev–Trinajstić information content (AvgIpc) is 2.01. The summed E-state index contributed by atoms with van der Waals surface area (Å²) < 4.78 is 1.06. The van der Waals surface area contributed by atoms with Crippen LogP contribution in [0.1, 0.15) is 26.3 Å². The molecular formula is C11H17BrN2. The molecule has 2 nitrogen and oxygen atoms in total. The first-order valence-corrected chi connectivity index (χ1v) is 5.48. The summed E-state index contributed by atoms with van der Waals surface area (Å²) in [5, 5.41) is 3.40. The van der Waals surface area contributed by atoms with Crippen molar-refractivity contribution in [1.82, 2.24) is 0 Å². The molecule has 0 aromatic heterocycles. The predicted molar refractivity (Wildman–Crippen MR) is 65.4 cm³/mol. The van der Waals surface area contributed by atoms with Crippen molar-refractivity contribution in [3.05, 3.63) is 28.2 Å². The van der Waals surface area contributed by atoms with Gasteiger partial charge in [0, 0.05) is 22.2 Å². The highest BCUT2D eigenvalue weighted by Crippen LogP contribution is 2.23. The Morgan fingerprint density at radius 2 is 2.00 bits per heavy atom. The minimum absolute atomic E-state index is 0.0870. The number of anilines is 1. The molecule has 0 fully saturated rings. The Balaban J connectivity index is 2.87. The molecule has 1 aromatic rings. The molecular weight excluding hydrogens is 240 g/mol. The summed E-state index contributed by atoms with van der Waals surface area (Å²) >= 11 is 3.49. The van der Waals surface area contributed by atoms with E-state index in [1.54, 1.807) is 0 Å². The van der Waals surface area contributed by atoms with Gasteiger partial charge in [0.05, 0.1) is 0 Å². The van der Waals surface area contributed by atoms with Gasteiger partial charge in [0.15, 0.2) is 0 Å². The minimum atomic E-state index is 0.0870. The molecule has 0 heterocycles. The molecule has 3 N–H and O–H groups in total. The fourth-order valence-corrected chi connectivity index (χ4v) is 1.76. The van der Waals surface area contributed by atoms with Gasteiger partial charge in [-0.3, -0.25) is 0 Å². The first kappa shape index (κ1) is 11.5. The van der Waals surface area contributed by atoms with Gasteiger partial charge >= 0.3 is 0 Å². The Bertz CT molecular complexity index is 316. The van der Waals surface area contributed by atoms with E-state index in [9.17, 15) is 0 Å². The molecule has 3 heteroatoms. The minimum Gasteiger partial charge on any atom is -0.380 e. The zero-order valence-electron chi connectivity index (χ0n) is 8.89. The Morgan fingerprint density at radius 1 is 1.36 bits per heavy atom. The fraction of sp³-hybridized carbons (Fsp3) is 0.455. The lowest BCUT2D eigenvalue weighted by molar-refractivity contribution is 0.634. The van der Waals surface area contributed by atoms with E-state index in [4.69, 9.17) is 5.73 Å². The molecule has 0 aliphatic heterocycles. The Kier molecular flexibility index (Phi) is 3.56. The molecule has 0 saturated carbocycles. The maximum Gasteiger partial charge on any atom is 0.0355 e. The van der Waals surface area contributed by atoms with Gasteiger partial charge in [-0.05, 0) is 38.5 Å². The molecule has 0 amide bonds. The van der Waals surface area contributed by atoms with Crippen molar-refractivity contribution < 1.29 is 0 Å². The van der Waals surface area contributed by atoms with Gasteiger partial charge in [-0.15, -0.1) is 0 Å². The topological polar surface area (TPSA) is 38.0 Å². The third-order valence-electron chi connectivity index (χ3n) is 1.79. The SMILES string of the molecule is CC(C)(C)Nc1ccc(CN)c(Br)c1. The predicted octanol–water partition coefficient (Wildman–Crippen LogP) is 3.12. The monoisotopic (exact) mass is 256 g/mol. The summed E-state index contributed by atoms with van der Waals surface area (Å²) in [7, 11) is 0. The summed E-state index contributed by atoms with van der Waals surface area (Å²) in [6.07, 6.45) is 0. The summed E-state index contributed by atoms with van der Waals surface area (Å²) in [4.78, 5) is 0. The Morgan fingerprint density at radius 3 is 2.43 bits per heavy atom. The van der Waals surface area contributed by atoms with E-state index in [1.165, 1.54) is 0 Å². The second kappa shape index (κ2) is 4.32. The van der Waals surface area contributed by atoms with Crippen molar-refractivity contribution in [3.63, 3.8) is 0 Å². The lowest BCUT2D eigenvalue weighted by Crippen LogP contribution is -2.26. The van der Waals surface area contributed by atoms with Crippen molar-refractivity contribution in [1.29, 1.82) is 0 Å². The quantitative estimate of drug-likeness (QED) is 0.854. The molecule has 14 heavy (non-hydrogen) atoms. The van der Waals surface area contributed by atoms with Crippen molar-refractivity contribution in [2.45, 2.75) is 32.9 Å². The molecule has 0 aliphatic rings. The van der Waals surface area contributed by atoms with Crippen LogP contribution in [-0.4, -0.2) is 5.54 Å². The molecule has 1 rings (SSSR count). The average molecular weight is 257 g/mol. The third kappa shape index (κ3) is 3.31. The number of hydrogen-bond donors (Lipinski definition) is 2. The van der Waals surface area contributed by atoms with Crippen molar-refractivity contribution in [2.75, 3.05) is 5.32 Å². The largest absolute Gasteiger partial charge is 0.380 e. The molecule has 0 saturated heterocycles. The van der Waals surface area contributed by atoms with Crippen molar-refractivity contribution >= 4 is 21.6 Å². The van der Waals surface area contributed by atoms with E-state index in [0.29, 0.717) is 6.54 Å². The first-order valence-electron chi connectivity index (χ1n) is 4.69. The molecule has 78 valence electrons. The van der Waals surface area contributed by atoms with Gasteiger partial charge in [-0.1, -0.05) is 22.0 Å². The number of nitrogens with one attached hydrogen (secondary N) is 1. The maximum atomic E-state index is 5.58. The van der Waals surface area contributed by atoms with Gasteiger partial charge in [0.2, 0.25) is 0 Å². The highest BCUT2D eigenvalue weighted by atomic mass is 79.9. The van der Waals surface area contributed by atoms with Crippen LogP contribution in [0.15, 0.2) is 22.7 Å². The van der Waals surface area contributed by atoms with Crippen LogP contribution >= 0.6 is 15.9 Å². The number of halogens is 1. The van der Waals surface area contributed by atoms with Crippen LogP contribution < -0.4 is 11.1 Å². The number of nitrogens with two attached hydrogens (primary N) is 1. The lowest BCUT2D eigenvalue weighted by Gasteiger charge is -2.22. The van der Waals surface area contributed by atoms with E-state index in [0.717, 1.165) is 15.7 Å². The van der Waals surface area contributed by atoms with E-state index >= 15 is 0 Å². The summed E-state index contributed by atoms with van der Waals surface area (Å²) in [5.41, 5.74) is 7.91. The molecule has 0 aliphatic carbocycles. The Hall–Kier alpha value is -0.540. The van der Waals surface area contributed by atoms with Crippen LogP contribution in [0.2, 0.25) is 0 Å². The summed E-state index contributed by atoms with van der Waals surface area (Å²) in [6.45, 7) is 6.98. The second-order valence-corrected chi connectivity index (χ2v) is 5.24. The van der Waals surface area contributed by atoms with Gasteiger partial charge in [-0.25, -0.2) is 0 Å². The number of hydrogen-bond acceptors (Lipinski definition) is 2. The highest BCUT2D eigenvalue weighted by molar-refractivity contribution is 9.10. The maximum absolute atomic E-state index is 5.58. The third-order valence-corrected chi connectivity index (χ3v) is 2.53. The normalized spacial score (nSPS) is 11.5. The second-order valence-electron chi connectivity index (χ2n) is 4.39. The van der Waals surface area contributed by atoms with Gasteiger partial charge in [0.25, 0.3) is 0 Å². The van der Waals surface area contributed by atoms with E-state index < -0.39 is 0 Å². The zero-order valence-corrected chi connectivity index (χ0v) is 10.5. The summed E-state index contributed by atoms with van der Waals surface area (Å²) in [5.74, 6) is 0. The van der Waals surface area contributed by atoms with Crippen molar-refractivity contribution in [2.24, 2.45) is 5.73 Å². The van der Waals surface area contributed by atoms with Crippen molar-refractivity contribution in [3.8, 4) is 0 Å². The van der Waals surface area contributed by atoms with E-state index in [-0.39, 0.29) is 5.54 Å². The van der Waals surface area contributed by atoms with Gasteiger partial charge in [0.1, 0.15) is 0 Å². The zero-order chi connectivity index (χ0) is 10.8. The fourth-order valence-electron chi connectivity index (χ4n) is 1.22. The van der Waals surface area contributed by atoms with E-state index in [1.807, 2.05) is 6.07 Å². The molecule has 0 spiro atoms. The van der Waals surface area contributed by atoms with Crippen LogP contribution in [0, 0.1) is 0 Å². The number of benzene rings is 1. The first-order chi connectivity index (χ1) is 6.42. The molecule has 0 unspecified atom stereocenters. The highest BCUT2D eigenvalue weighted by Gasteiger charge is 2.09. The molecule has 1 aromatic carbocycles. The van der Waals surface area contributed by atoms with Gasteiger partial charge in [-0.2, -0.15) is 0 Å². The van der Waals surface area contributed by atoms with E-state index in [2.05, 4.69) is 54.2 Å². The standard InChI is InChI=1S/C11H17BrN2/c1-11(2,3)14-9-5-4-8(7-13)10(12)6-9/h4-6,14H,7,13H2,1-3H3. The molecule has 0 bridgehead atoms.